The number of benzene rings is 2. The summed E-state index contributed by atoms with van der Waals surface area (Å²) in [5.74, 6) is 0. The predicted octanol–water partition coefficient (Wildman–Crippen LogP) is 2.96. The molecule has 2 aromatic rings. The quantitative estimate of drug-likeness (QED) is 0.838. The maximum atomic E-state index is 12.0. The number of halogens is 1. The maximum Gasteiger partial charge on any atom is 0.218 e. The van der Waals surface area contributed by atoms with E-state index in [1.807, 2.05) is 12.1 Å². The number of carbonyl (C=O) groups is 2. The number of thiol groups is 1. The summed E-state index contributed by atoms with van der Waals surface area (Å²) in [4.78, 5) is 24.1. The van der Waals surface area contributed by atoms with Gasteiger partial charge >= 0.3 is 0 Å². The zero-order valence-electron chi connectivity index (χ0n) is 10.0. The molecular formula is C14H14ClNO2S. The van der Waals surface area contributed by atoms with Crippen molar-refractivity contribution in [3.63, 3.8) is 0 Å². The van der Waals surface area contributed by atoms with Gasteiger partial charge in [0.15, 0.2) is 0 Å². The van der Waals surface area contributed by atoms with E-state index >= 15 is 0 Å². The molecule has 2 rings (SSSR count). The van der Waals surface area contributed by atoms with Gasteiger partial charge in [-0.1, -0.05) is 71.7 Å². The van der Waals surface area contributed by atoms with E-state index in [1.54, 1.807) is 48.5 Å². The molecule has 19 heavy (non-hydrogen) atoms. The van der Waals surface area contributed by atoms with E-state index in [0.29, 0.717) is 11.1 Å². The summed E-state index contributed by atoms with van der Waals surface area (Å²) in [5, 5.41) is 5.21. The highest BCUT2D eigenvalue weighted by Crippen LogP contribution is 2.26. The Morgan fingerprint density at radius 3 is 1.37 bits per heavy atom. The topological polar surface area (TPSA) is 60.2 Å². The fraction of sp³-hybridized carbons (Fsp3) is 0. The molecule has 2 aromatic carbocycles. The average Bonchev–Trinajstić information content (AvgIpc) is 2.47. The molecule has 0 heterocycles. The molecule has 3 nitrogen and oxygen atoms in total. The molecule has 0 saturated heterocycles. The van der Waals surface area contributed by atoms with Gasteiger partial charge in [0, 0.05) is 11.1 Å². The van der Waals surface area contributed by atoms with Gasteiger partial charge in [-0.25, -0.2) is 0 Å². The van der Waals surface area contributed by atoms with Crippen LogP contribution in [0.5, 0.6) is 0 Å². The second kappa shape index (κ2) is 7.09. The summed E-state index contributed by atoms with van der Waals surface area (Å²) >= 11 is -1.83. The fourth-order valence-corrected chi connectivity index (χ4v) is 2.57. The third-order valence-corrected chi connectivity index (χ3v) is 3.87. The third-order valence-electron chi connectivity index (χ3n) is 2.48. The summed E-state index contributed by atoms with van der Waals surface area (Å²) in [6.45, 7) is 0. The SMILES string of the molecule is Cl.N[SH](C(=O)c1ccccc1)C(=O)c1ccccc1. The first-order valence-electron chi connectivity index (χ1n) is 5.44. The van der Waals surface area contributed by atoms with Gasteiger partial charge in [0.05, 0.1) is 0 Å². The molecule has 0 bridgehead atoms. The van der Waals surface area contributed by atoms with Crippen molar-refractivity contribution < 1.29 is 9.59 Å². The summed E-state index contributed by atoms with van der Waals surface area (Å²) in [5.41, 5.74) is 0.964. The average molecular weight is 296 g/mol. The van der Waals surface area contributed by atoms with Gasteiger partial charge < -0.3 is 0 Å². The minimum atomic E-state index is -1.83. The Hall–Kier alpha value is -1.62. The van der Waals surface area contributed by atoms with Crippen molar-refractivity contribution in [3.8, 4) is 0 Å². The highest BCUT2D eigenvalue weighted by Gasteiger charge is 2.20. The second-order valence-electron chi connectivity index (χ2n) is 3.71. The molecule has 0 atom stereocenters. The molecule has 0 saturated carbocycles. The van der Waals surface area contributed by atoms with Crippen LogP contribution in [0.3, 0.4) is 0 Å². The van der Waals surface area contributed by atoms with Crippen molar-refractivity contribution in [2.24, 2.45) is 5.14 Å². The molecule has 0 amide bonds. The minimum absolute atomic E-state index is 0. The predicted molar refractivity (Wildman–Crippen MR) is 82.0 cm³/mol. The summed E-state index contributed by atoms with van der Waals surface area (Å²) in [7, 11) is 0. The van der Waals surface area contributed by atoms with E-state index in [9.17, 15) is 9.59 Å². The maximum absolute atomic E-state index is 12.0. The van der Waals surface area contributed by atoms with Gasteiger partial charge in [-0.05, 0) is 0 Å². The summed E-state index contributed by atoms with van der Waals surface area (Å²) in [6, 6.07) is 17.3. The van der Waals surface area contributed by atoms with Crippen LogP contribution in [-0.4, -0.2) is 10.2 Å². The molecule has 0 aliphatic carbocycles. The minimum Gasteiger partial charge on any atom is -0.284 e. The smallest absolute Gasteiger partial charge is 0.218 e. The van der Waals surface area contributed by atoms with E-state index in [-0.39, 0.29) is 22.6 Å². The Balaban J connectivity index is 0.00000180. The molecule has 0 aliphatic heterocycles. The van der Waals surface area contributed by atoms with Crippen molar-refractivity contribution in [2.75, 3.05) is 0 Å². The van der Waals surface area contributed by atoms with Crippen molar-refractivity contribution >= 4 is 33.7 Å². The van der Waals surface area contributed by atoms with Crippen LogP contribution in [0.4, 0.5) is 0 Å². The van der Waals surface area contributed by atoms with Gasteiger partial charge in [0.2, 0.25) is 10.2 Å². The Morgan fingerprint density at radius 2 is 1.05 bits per heavy atom. The Bertz CT molecular complexity index is 509. The van der Waals surface area contributed by atoms with Crippen molar-refractivity contribution in [1.82, 2.24) is 0 Å². The monoisotopic (exact) mass is 295 g/mol. The van der Waals surface area contributed by atoms with E-state index < -0.39 is 11.1 Å². The lowest BCUT2D eigenvalue weighted by molar-refractivity contribution is 0.106. The number of carbonyl (C=O) groups excluding carboxylic acids is 2. The van der Waals surface area contributed by atoms with Crippen LogP contribution in [0.1, 0.15) is 20.7 Å². The van der Waals surface area contributed by atoms with Crippen LogP contribution in [-0.2, 0) is 0 Å². The van der Waals surface area contributed by atoms with Gasteiger partial charge in [-0.3, -0.25) is 14.7 Å². The molecule has 100 valence electrons. The first kappa shape index (κ1) is 15.4. The van der Waals surface area contributed by atoms with Gasteiger partial charge in [-0.2, -0.15) is 0 Å². The van der Waals surface area contributed by atoms with E-state index in [1.165, 1.54) is 0 Å². The number of nitrogens with two attached hydrogens (primary N) is 1. The Labute approximate surface area is 120 Å². The lowest BCUT2D eigenvalue weighted by atomic mass is 10.2. The summed E-state index contributed by atoms with van der Waals surface area (Å²) < 4.78 is 0. The molecule has 5 heteroatoms. The van der Waals surface area contributed by atoms with Crippen molar-refractivity contribution in [1.29, 1.82) is 0 Å². The van der Waals surface area contributed by atoms with Crippen LogP contribution in [0.25, 0.3) is 0 Å². The van der Waals surface area contributed by atoms with E-state index in [4.69, 9.17) is 5.14 Å². The summed E-state index contributed by atoms with van der Waals surface area (Å²) in [6.07, 6.45) is 0. The molecule has 0 spiro atoms. The largest absolute Gasteiger partial charge is 0.284 e. The van der Waals surface area contributed by atoms with Crippen LogP contribution in [0, 0.1) is 0 Å². The van der Waals surface area contributed by atoms with Crippen LogP contribution in [0.15, 0.2) is 60.7 Å². The van der Waals surface area contributed by atoms with Gasteiger partial charge in [0.1, 0.15) is 0 Å². The normalized spacial score (nSPS) is 10.3. The number of hydrogen-bond acceptors (Lipinski definition) is 3. The first-order valence-corrected chi connectivity index (χ1v) is 6.85. The van der Waals surface area contributed by atoms with Crippen LogP contribution in [0.2, 0.25) is 0 Å². The lowest BCUT2D eigenvalue weighted by Crippen LogP contribution is -2.16. The molecule has 0 unspecified atom stereocenters. The molecule has 0 aromatic heterocycles. The molecular weight excluding hydrogens is 282 g/mol. The second-order valence-corrected chi connectivity index (χ2v) is 5.26. The Morgan fingerprint density at radius 1 is 0.737 bits per heavy atom. The van der Waals surface area contributed by atoms with Crippen LogP contribution < -0.4 is 5.14 Å². The fourth-order valence-electron chi connectivity index (χ4n) is 1.53. The van der Waals surface area contributed by atoms with Crippen molar-refractivity contribution in [2.45, 2.75) is 0 Å². The van der Waals surface area contributed by atoms with Crippen molar-refractivity contribution in [3.05, 3.63) is 71.8 Å². The molecule has 0 radical (unpaired) electrons. The number of rotatable bonds is 2. The third kappa shape index (κ3) is 3.67. The number of hydrogen-bond donors (Lipinski definition) is 2. The first-order chi connectivity index (χ1) is 8.70. The van der Waals surface area contributed by atoms with Crippen LogP contribution >= 0.6 is 23.5 Å². The molecule has 0 aliphatic rings. The van der Waals surface area contributed by atoms with Gasteiger partial charge in [0.25, 0.3) is 0 Å². The highest BCUT2D eigenvalue weighted by molar-refractivity contribution is 8.40. The van der Waals surface area contributed by atoms with E-state index in [0.717, 1.165) is 0 Å². The zero-order chi connectivity index (χ0) is 13.0. The van der Waals surface area contributed by atoms with E-state index in [2.05, 4.69) is 0 Å². The standard InChI is InChI=1S/C14H13NO2S.ClH/c15-18(13(16)11-7-3-1-4-8-11)14(17)12-9-5-2-6-10-12;/h1-10,18H,15H2;1H. The lowest BCUT2D eigenvalue weighted by Gasteiger charge is -2.13. The molecule has 0 fully saturated rings. The van der Waals surface area contributed by atoms with Gasteiger partial charge in [-0.15, -0.1) is 12.4 Å². The Kier molecular flexibility index (Phi) is 5.76. The zero-order valence-corrected chi connectivity index (χ0v) is 11.7. The molecule has 2 N–H and O–H groups in total. The highest BCUT2D eigenvalue weighted by atomic mass is 35.5.